The zero-order valence-electron chi connectivity index (χ0n) is 13.6. The number of nitrogens with one attached hydrogen (secondary N) is 2. The molecule has 8 heteroatoms. The van der Waals surface area contributed by atoms with Crippen molar-refractivity contribution in [3.05, 3.63) is 29.8 Å². The van der Waals surface area contributed by atoms with Crippen LogP contribution in [0.25, 0.3) is 0 Å². The Labute approximate surface area is 138 Å². The van der Waals surface area contributed by atoms with Gasteiger partial charge in [-0.2, -0.15) is 0 Å². The Balaban J connectivity index is 2.14. The predicted octanol–water partition coefficient (Wildman–Crippen LogP) is 2.02. The van der Waals surface area contributed by atoms with Gasteiger partial charge in [0.1, 0.15) is 0 Å². The molecule has 0 heterocycles. The standard InChI is InChI=1S/C15H24N2O4S2/c1-11(2)23(20,21)17-15-6-4-5-14(15)12-7-9-13(10-8-12)16-22(3,18)19/h7-11,14-17H,4-6H2,1-3H3. The Bertz CT molecular complexity index is 740. The highest BCUT2D eigenvalue weighted by Crippen LogP contribution is 2.35. The first-order valence-electron chi connectivity index (χ1n) is 7.67. The molecule has 0 saturated heterocycles. The second-order valence-corrected chi connectivity index (χ2v) is 10.4. The van der Waals surface area contributed by atoms with Gasteiger partial charge >= 0.3 is 0 Å². The molecule has 1 aromatic rings. The van der Waals surface area contributed by atoms with Gasteiger partial charge in [0.2, 0.25) is 20.0 Å². The second-order valence-electron chi connectivity index (χ2n) is 6.35. The molecule has 6 nitrogen and oxygen atoms in total. The van der Waals surface area contributed by atoms with E-state index in [0.717, 1.165) is 31.1 Å². The van der Waals surface area contributed by atoms with Crippen molar-refractivity contribution in [2.75, 3.05) is 11.0 Å². The molecule has 1 aliphatic rings. The van der Waals surface area contributed by atoms with Crippen molar-refractivity contribution in [3.8, 4) is 0 Å². The maximum atomic E-state index is 12.1. The first-order chi connectivity index (χ1) is 10.6. The highest BCUT2D eigenvalue weighted by Gasteiger charge is 2.32. The summed E-state index contributed by atoms with van der Waals surface area (Å²) < 4.78 is 51.9. The summed E-state index contributed by atoms with van der Waals surface area (Å²) in [5, 5.41) is -0.454. The molecule has 23 heavy (non-hydrogen) atoms. The third kappa shape index (κ3) is 4.92. The molecule has 1 saturated carbocycles. The fourth-order valence-electron chi connectivity index (χ4n) is 2.86. The molecule has 0 aromatic heterocycles. The monoisotopic (exact) mass is 360 g/mol. The van der Waals surface area contributed by atoms with E-state index in [4.69, 9.17) is 0 Å². The number of rotatable bonds is 6. The van der Waals surface area contributed by atoms with Crippen LogP contribution < -0.4 is 9.44 Å². The summed E-state index contributed by atoms with van der Waals surface area (Å²) in [6.45, 7) is 3.33. The lowest BCUT2D eigenvalue weighted by Crippen LogP contribution is -2.40. The minimum Gasteiger partial charge on any atom is -0.284 e. The van der Waals surface area contributed by atoms with E-state index in [2.05, 4.69) is 9.44 Å². The summed E-state index contributed by atoms with van der Waals surface area (Å²) in [5.41, 5.74) is 1.53. The summed E-state index contributed by atoms with van der Waals surface area (Å²) in [4.78, 5) is 0. The number of hydrogen-bond acceptors (Lipinski definition) is 4. The van der Waals surface area contributed by atoms with Crippen LogP contribution in [-0.4, -0.2) is 34.4 Å². The van der Waals surface area contributed by atoms with Crippen LogP contribution in [0.5, 0.6) is 0 Å². The molecule has 1 aromatic carbocycles. The number of benzene rings is 1. The molecule has 1 fully saturated rings. The highest BCUT2D eigenvalue weighted by atomic mass is 32.2. The Morgan fingerprint density at radius 2 is 1.65 bits per heavy atom. The molecule has 0 radical (unpaired) electrons. The van der Waals surface area contributed by atoms with Gasteiger partial charge in [0.25, 0.3) is 0 Å². The van der Waals surface area contributed by atoms with Crippen LogP contribution in [0.2, 0.25) is 0 Å². The Morgan fingerprint density at radius 3 is 2.17 bits per heavy atom. The van der Waals surface area contributed by atoms with Crippen molar-refractivity contribution in [3.63, 3.8) is 0 Å². The van der Waals surface area contributed by atoms with Gasteiger partial charge in [0.05, 0.1) is 11.5 Å². The van der Waals surface area contributed by atoms with Crippen molar-refractivity contribution in [1.82, 2.24) is 4.72 Å². The summed E-state index contributed by atoms with van der Waals surface area (Å²) in [7, 11) is -6.59. The Kier molecular flexibility index (Phi) is 5.37. The minimum atomic E-state index is -3.30. The first kappa shape index (κ1) is 18.2. The van der Waals surface area contributed by atoms with Crippen LogP contribution >= 0.6 is 0 Å². The average Bonchev–Trinajstić information content (AvgIpc) is 2.85. The van der Waals surface area contributed by atoms with Gasteiger partial charge in [0.15, 0.2) is 0 Å². The SMILES string of the molecule is CC(C)S(=O)(=O)NC1CCCC1c1ccc(NS(C)(=O)=O)cc1. The normalized spacial score (nSPS) is 22.4. The van der Waals surface area contributed by atoms with E-state index in [9.17, 15) is 16.8 Å². The van der Waals surface area contributed by atoms with Crippen LogP contribution in [0, 0.1) is 0 Å². The minimum absolute atomic E-state index is 0.101. The van der Waals surface area contributed by atoms with E-state index in [1.807, 2.05) is 12.1 Å². The van der Waals surface area contributed by atoms with Crippen LogP contribution in [0.4, 0.5) is 5.69 Å². The molecule has 2 N–H and O–H groups in total. The topological polar surface area (TPSA) is 92.3 Å². The van der Waals surface area contributed by atoms with Gasteiger partial charge in [-0.1, -0.05) is 18.6 Å². The van der Waals surface area contributed by atoms with E-state index < -0.39 is 25.3 Å². The number of sulfonamides is 2. The molecular formula is C15H24N2O4S2. The molecule has 1 aliphatic carbocycles. The summed E-state index contributed by atoms with van der Waals surface area (Å²) >= 11 is 0. The van der Waals surface area contributed by atoms with Crippen LogP contribution in [0.3, 0.4) is 0 Å². The lowest BCUT2D eigenvalue weighted by molar-refractivity contribution is 0.519. The van der Waals surface area contributed by atoms with E-state index in [-0.39, 0.29) is 12.0 Å². The zero-order chi connectivity index (χ0) is 17.3. The van der Waals surface area contributed by atoms with Crippen molar-refractivity contribution in [1.29, 1.82) is 0 Å². The molecule has 2 rings (SSSR count). The predicted molar refractivity (Wildman–Crippen MR) is 92.5 cm³/mol. The maximum Gasteiger partial charge on any atom is 0.229 e. The summed E-state index contributed by atoms with van der Waals surface area (Å²) in [6, 6.07) is 7.04. The Morgan fingerprint density at radius 1 is 1.04 bits per heavy atom. The first-order valence-corrected chi connectivity index (χ1v) is 11.1. The molecule has 0 aliphatic heterocycles. The molecule has 130 valence electrons. The van der Waals surface area contributed by atoms with Crippen molar-refractivity contribution in [2.24, 2.45) is 0 Å². The quantitative estimate of drug-likeness (QED) is 0.812. The van der Waals surface area contributed by atoms with Crippen molar-refractivity contribution < 1.29 is 16.8 Å². The van der Waals surface area contributed by atoms with E-state index in [1.54, 1.807) is 26.0 Å². The Hall–Kier alpha value is -1.12. The summed E-state index contributed by atoms with van der Waals surface area (Å²) in [5.74, 6) is 0.121. The second kappa shape index (κ2) is 6.78. The number of hydrogen-bond donors (Lipinski definition) is 2. The third-order valence-electron chi connectivity index (χ3n) is 4.09. The maximum absolute atomic E-state index is 12.1. The number of anilines is 1. The fraction of sp³-hybridized carbons (Fsp3) is 0.600. The van der Waals surface area contributed by atoms with Gasteiger partial charge in [0, 0.05) is 17.6 Å². The molecule has 0 bridgehead atoms. The van der Waals surface area contributed by atoms with Gasteiger partial charge in [-0.05, 0) is 44.4 Å². The lowest BCUT2D eigenvalue weighted by Gasteiger charge is -2.22. The zero-order valence-corrected chi connectivity index (χ0v) is 15.2. The molecule has 0 spiro atoms. The largest absolute Gasteiger partial charge is 0.284 e. The van der Waals surface area contributed by atoms with Gasteiger partial charge in [-0.15, -0.1) is 0 Å². The third-order valence-corrected chi connectivity index (χ3v) is 6.57. The average molecular weight is 361 g/mol. The molecular weight excluding hydrogens is 336 g/mol. The molecule has 2 atom stereocenters. The highest BCUT2D eigenvalue weighted by molar-refractivity contribution is 7.92. The smallest absolute Gasteiger partial charge is 0.229 e. The lowest BCUT2D eigenvalue weighted by atomic mass is 9.94. The van der Waals surface area contributed by atoms with Crippen LogP contribution in [0.15, 0.2) is 24.3 Å². The van der Waals surface area contributed by atoms with Crippen molar-refractivity contribution in [2.45, 2.75) is 50.3 Å². The van der Waals surface area contributed by atoms with E-state index >= 15 is 0 Å². The van der Waals surface area contributed by atoms with E-state index in [0.29, 0.717) is 5.69 Å². The van der Waals surface area contributed by atoms with Crippen molar-refractivity contribution >= 4 is 25.7 Å². The van der Waals surface area contributed by atoms with Gasteiger partial charge in [-0.25, -0.2) is 21.6 Å². The van der Waals surface area contributed by atoms with Gasteiger partial charge < -0.3 is 0 Å². The molecule has 2 unspecified atom stereocenters. The molecule has 0 amide bonds. The van der Waals surface area contributed by atoms with Crippen LogP contribution in [0.1, 0.15) is 44.6 Å². The van der Waals surface area contributed by atoms with Gasteiger partial charge in [-0.3, -0.25) is 4.72 Å². The van der Waals surface area contributed by atoms with Crippen LogP contribution in [-0.2, 0) is 20.0 Å². The fourth-order valence-corrected chi connectivity index (χ4v) is 4.40. The van der Waals surface area contributed by atoms with E-state index in [1.165, 1.54) is 0 Å². The summed E-state index contributed by atoms with van der Waals surface area (Å²) in [6.07, 6.45) is 3.82.